The molecule has 0 spiro atoms. The predicted molar refractivity (Wildman–Crippen MR) is 135 cm³/mol. The highest BCUT2D eigenvalue weighted by atomic mass is 32.2. The number of carbonyl (C=O) groups excluding carboxylic acids is 1. The fourth-order valence-electron chi connectivity index (χ4n) is 3.78. The summed E-state index contributed by atoms with van der Waals surface area (Å²) in [7, 11) is 0. The molecule has 3 aromatic rings. The fourth-order valence-corrected chi connectivity index (χ4v) is 4.80. The third kappa shape index (κ3) is 4.66. The highest BCUT2D eigenvalue weighted by Gasteiger charge is 2.33. The number of thioether (sulfide) groups is 1. The Morgan fingerprint density at radius 2 is 1.79 bits per heavy atom. The minimum Gasteiger partial charge on any atom is -0.506 e. The van der Waals surface area contributed by atoms with Gasteiger partial charge in [0.15, 0.2) is 0 Å². The molecule has 5 nitrogen and oxygen atoms in total. The van der Waals surface area contributed by atoms with Crippen molar-refractivity contribution in [2.45, 2.75) is 27.7 Å². The lowest BCUT2D eigenvalue weighted by atomic mass is 10.1. The standard InChI is InChI=1S/C27H26N2O3S/c1-5-32-27(31)24-25(30)23(33-26(24)28-21-9-7-6-8-10-21)16-20-15-18(3)29(19(20)4)22-13-11-17(2)12-14-22/h6-16,30H,5H2,1-4H3. The van der Waals surface area contributed by atoms with Gasteiger partial charge >= 0.3 is 5.97 Å². The summed E-state index contributed by atoms with van der Waals surface area (Å²) >= 11 is 1.27. The summed E-state index contributed by atoms with van der Waals surface area (Å²) in [6, 6.07) is 19.8. The van der Waals surface area contributed by atoms with Crippen molar-refractivity contribution in [2.75, 3.05) is 6.61 Å². The van der Waals surface area contributed by atoms with E-state index in [-0.39, 0.29) is 17.9 Å². The Hall–Kier alpha value is -3.51. The van der Waals surface area contributed by atoms with Gasteiger partial charge in [-0.1, -0.05) is 47.7 Å². The summed E-state index contributed by atoms with van der Waals surface area (Å²) < 4.78 is 7.37. The summed E-state index contributed by atoms with van der Waals surface area (Å²) in [6.45, 7) is 8.12. The monoisotopic (exact) mass is 458 g/mol. The number of aromatic nitrogens is 1. The van der Waals surface area contributed by atoms with E-state index in [1.54, 1.807) is 6.92 Å². The molecule has 2 heterocycles. The number of hydrogen-bond donors (Lipinski definition) is 1. The van der Waals surface area contributed by atoms with Crippen LogP contribution in [0.5, 0.6) is 0 Å². The molecule has 0 atom stereocenters. The van der Waals surface area contributed by atoms with Gasteiger partial charge in [-0.25, -0.2) is 9.79 Å². The third-order valence-electron chi connectivity index (χ3n) is 5.41. The van der Waals surface area contributed by atoms with Crippen molar-refractivity contribution >= 4 is 34.5 Å². The second kappa shape index (κ2) is 9.55. The Morgan fingerprint density at radius 3 is 2.45 bits per heavy atom. The molecule has 2 aromatic carbocycles. The Bertz CT molecular complexity index is 1280. The van der Waals surface area contributed by atoms with Gasteiger partial charge in [-0.05, 0) is 69.7 Å². The quantitative estimate of drug-likeness (QED) is 0.438. The first-order chi connectivity index (χ1) is 15.9. The molecule has 0 fully saturated rings. The number of ether oxygens (including phenoxy) is 1. The summed E-state index contributed by atoms with van der Waals surface area (Å²) in [5, 5.41) is 11.4. The van der Waals surface area contributed by atoms with E-state index in [9.17, 15) is 9.90 Å². The molecule has 1 N–H and O–H groups in total. The summed E-state index contributed by atoms with van der Waals surface area (Å²) in [4.78, 5) is 17.8. The summed E-state index contributed by atoms with van der Waals surface area (Å²) in [5.74, 6) is -0.682. The lowest BCUT2D eigenvalue weighted by molar-refractivity contribution is -0.138. The smallest absolute Gasteiger partial charge is 0.344 e. The van der Waals surface area contributed by atoms with Gasteiger partial charge < -0.3 is 14.4 Å². The van der Waals surface area contributed by atoms with E-state index in [1.165, 1.54) is 17.3 Å². The van der Waals surface area contributed by atoms with Crippen LogP contribution in [-0.2, 0) is 9.53 Å². The van der Waals surface area contributed by atoms with Gasteiger partial charge in [0.1, 0.15) is 16.4 Å². The molecule has 0 saturated heterocycles. The van der Waals surface area contributed by atoms with Gasteiger partial charge in [0.25, 0.3) is 0 Å². The first-order valence-electron chi connectivity index (χ1n) is 10.8. The molecule has 0 bridgehead atoms. The average Bonchev–Trinajstić information content (AvgIpc) is 3.25. The van der Waals surface area contributed by atoms with Crippen LogP contribution in [0.15, 0.2) is 81.9 Å². The van der Waals surface area contributed by atoms with Crippen LogP contribution in [0.4, 0.5) is 5.69 Å². The number of hydrogen-bond acceptors (Lipinski definition) is 5. The molecule has 33 heavy (non-hydrogen) atoms. The van der Waals surface area contributed by atoms with Crippen molar-refractivity contribution in [3.05, 3.63) is 99.4 Å². The zero-order valence-electron chi connectivity index (χ0n) is 19.1. The first-order valence-corrected chi connectivity index (χ1v) is 11.6. The maximum absolute atomic E-state index is 12.6. The van der Waals surface area contributed by atoms with Crippen molar-refractivity contribution in [1.82, 2.24) is 4.57 Å². The molecule has 6 heteroatoms. The Kier molecular flexibility index (Phi) is 6.56. The van der Waals surface area contributed by atoms with Crippen molar-refractivity contribution in [2.24, 2.45) is 4.99 Å². The summed E-state index contributed by atoms with van der Waals surface area (Å²) in [5.41, 5.74) is 6.18. The van der Waals surface area contributed by atoms with E-state index < -0.39 is 5.97 Å². The van der Waals surface area contributed by atoms with Gasteiger partial charge in [0.05, 0.1) is 17.2 Å². The SMILES string of the molecule is CCOC(=O)C1=C(O)C(=Cc2cc(C)n(-c3ccc(C)cc3)c2C)SC1=Nc1ccccc1. The highest BCUT2D eigenvalue weighted by Crippen LogP contribution is 2.41. The Balaban J connectivity index is 1.77. The predicted octanol–water partition coefficient (Wildman–Crippen LogP) is 6.60. The maximum atomic E-state index is 12.6. The first kappa shape index (κ1) is 22.7. The van der Waals surface area contributed by atoms with Crippen LogP contribution in [-0.4, -0.2) is 27.3 Å². The Labute approximate surface area is 198 Å². The summed E-state index contributed by atoms with van der Waals surface area (Å²) in [6.07, 6.45) is 1.90. The van der Waals surface area contributed by atoms with Gasteiger partial charge in [0, 0.05) is 17.1 Å². The molecule has 1 aromatic heterocycles. The van der Waals surface area contributed by atoms with E-state index in [0.29, 0.717) is 15.6 Å². The largest absolute Gasteiger partial charge is 0.506 e. The minimum atomic E-state index is -0.578. The molecule has 1 aliphatic heterocycles. The van der Waals surface area contributed by atoms with Crippen molar-refractivity contribution in [1.29, 1.82) is 0 Å². The zero-order valence-corrected chi connectivity index (χ0v) is 19.9. The fraction of sp³-hybridized carbons (Fsp3) is 0.185. The van der Waals surface area contributed by atoms with Crippen molar-refractivity contribution in [3.8, 4) is 5.69 Å². The van der Waals surface area contributed by atoms with E-state index in [2.05, 4.69) is 53.7 Å². The topological polar surface area (TPSA) is 63.8 Å². The van der Waals surface area contributed by atoms with Crippen molar-refractivity contribution < 1.29 is 14.6 Å². The number of aryl methyl sites for hydroxylation is 2. The molecule has 0 unspecified atom stereocenters. The molecule has 4 rings (SSSR count). The van der Waals surface area contributed by atoms with E-state index >= 15 is 0 Å². The number of aliphatic hydroxyl groups excluding tert-OH is 1. The number of rotatable bonds is 5. The number of benzene rings is 2. The van der Waals surface area contributed by atoms with Crippen LogP contribution in [0.1, 0.15) is 29.4 Å². The number of aliphatic hydroxyl groups is 1. The van der Waals surface area contributed by atoms with Crippen LogP contribution < -0.4 is 0 Å². The number of nitrogens with zero attached hydrogens (tertiary/aromatic N) is 2. The van der Waals surface area contributed by atoms with Gasteiger partial charge in [-0.2, -0.15) is 0 Å². The minimum absolute atomic E-state index is 0.101. The second-order valence-corrected chi connectivity index (χ2v) is 8.84. The van der Waals surface area contributed by atoms with Gasteiger partial charge in [-0.3, -0.25) is 0 Å². The van der Waals surface area contributed by atoms with Crippen LogP contribution in [0, 0.1) is 20.8 Å². The average molecular weight is 459 g/mol. The maximum Gasteiger partial charge on any atom is 0.344 e. The van der Waals surface area contributed by atoms with Crippen molar-refractivity contribution in [3.63, 3.8) is 0 Å². The van der Waals surface area contributed by atoms with Gasteiger partial charge in [0.2, 0.25) is 0 Å². The number of carbonyl (C=O) groups is 1. The molecule has 168 valence electrons. The van der Waals surface area contributed by atoms with E-state index in [0.717, 1.165) is 22.6 Å². The van der Waals surface area contributed by atoms with E-state index in [1.807, 2.05) is 43.3 Å². The Morgan fingerprint density at radius 1 is 1.09 bits per heavy atom. The normalized spacial score (nSPS) is 16.1. The molecule has 0 radical (unpaired) electrons. The third-order valence-corrected chi connectivity index (χ3v) is 6.43. The van der Waals surface area contributed by atoms with E-state index in [4.69, 9.17) is 4.74 Å². The van der Waals surface area contributed by atoms with Crippen LogP contribution in [0.25, 0.3) is 11.8 Å². The lowest BCUT2D eigenvalue weighted by Crippen LogP contribution is -2.12. The molecule has 1 aliphatic rings. The van der Waals surface area contributed by atoms with Crippen LogP contribution in [0.3, 0.4) is 0 Å². The molecular weight excluding hydrogens is 432 g/mol. The number of para-hydroxylation sites is 1. The number of aliphatic imine (C=N–C) groups is 1. The zero-order chi connectivity index (χ0) is 23.5. The molecule has 0 amide bonds. The highest BCUT2D eigenvalue weighted by molar-refractivity contribution is 8.18. The lowest BCUT2D eigenvalue weighted by Gasteiger charge is -2.10. The second-order valence-electron chi connectivity index (χ2n) is 7.80. The van der Waals surface area contributed by atoms with Crippen LogP contribution in [0.2, 0.25) is 0 Å². The van der Waals surface area contributed by atoms with Crippen LogP contribution >= 0.6 is 11.8 Å². The molecule has 0 saturated carbocycles. The number of esters is 1. The molecule has 0 aliphatic carbocycles. The molecular formula is C27H26N2O3S. The van der Waals surface area contributed by atoms with Gasteiger partial charge in [-0.15, -0.1) is 0 Å².